The molecule has 1 amide bonds. The van der Waals surface area contributed by atoms with E-state index in [1.54, 1.807) is 26.5 Å². The predicted molar refractivity (Wildman–Crippen MR) is 104 cm³/mol. The molecule has 0 spiro atoms. The lowest BCUT2D eigenvalue weighted by Crippen LogP contribution is -2.33. The zero-order chi connectivity index (χ0) is 18.5. The Bertz CT molecular complexity index is 767. The van der Waals surface area contributed by atoms with Crippen molar-refractivity contribution in [2.24, 2.45) is 0 Å². The van der Waals surface area contributed by atoms with Gasteiger partial charge in [0.15, 0.2) is 0 Å². The van der Waals surface area contributed by atoms with Crippen molar-refractivity contribution >= 4 is 27.7 Å². The van der Waals surface area contributed by atoms with Gasteiger partial charge in [-0.25, -0.2) is 4.98 Å². The smallest absolute Gasteiger partial charge is 0.239 e. The molecule has 0 aliphatic carbocycles. The first-order valence-electron chi connectivity index (χ1n) is 8.48. The molecule has 6 nitrogen and oxygen atoms in total. The lowest BCUT2D eigenvalue weighted by molar-refractivity contribution is -0.117. The highest BCUT2D eigenvalue weighted by Gasteiger charge is 2.29. The van der Waals surface area contributed by atoms with Crippen LogP contribution in [0, 0.1) is 0 Å². The maximum Gasteiger partial charge on any atom is 0.239 e. The van der Waals surface area contributed by atoms with E-state index in [4.69, 9.17) is 9.47 Å². The van der Waals surface area contributed by atoms with Crippen molar-refractivity contribution in [1.29, 1.82) is 0 Å². The minimum atomic E-state index is -0.0702. The van der Waals surface area contributed by atoms with E-state index in [2.05, 4.69) is 31.1 Å². The van der Waals surface area contributed by atoms with Gasteiger partial charge in [0.25, 0.3) is 0 Å². The summed E-state index contributed by atoms with van der Waals surface area (Å²) in [4.78, 5) is 18.8. The Morgan fingerprint density at radius 1 is 1.31 bits per heavy atom. The van der Waals surface area contributed by atoms with Crippen LogP contribution in [0.1, 0.15) is 24.4 Å². The molecule has 1 saturated heterocycles. The Hall–Kier alpha value is -2.12. The molecule has 1 aliphatic rings. The third-order valence-electron chi connectivity index (χ3n) is 4.50. The number of amides is 1. The highest BCUT2D eigenvalue weighted by Crippen LogP contribution is 2.38. The number of hydrogen-bond acceptors (Lipinski definition) is 5. The number of hydrogen-bond donors (Lipinski definition) is 1. The predicted octanol–water partition coefficient (Wildman–Crippen LogP) is 3.64. The van der Waals surface area contributed by atoms with E-state index in [0.29, 0.717) is 12.4 Å². The number of benzene rings is 1. The van der Waals surface area contributed by atoms with Crippen molar-refractivity contribution in [3.05, 3.63) is 46.6 Å². The number of anilines is 1. The molecule has 1 aromatic heterocycles. The molecule has 26 heavy (non-hydrogen) atoms. The molecule has 7 heteroatoms. The molecule has 138 valence electrons. The minimum absolute atomic E-state index is 0.0702. The van der Waals surface area contributed by atoms with Crippen molar-refractivity contribution in [1.82, 2.24) is 9.88 Å². The van der Waals surface area contributed by atoms with Crippen LogP contribution in [0.15, 0.2) is 41.0 Å². The van der Waals surface area contributed by atoms with E-state index in [1.807, 2.05) is 24.3 Å². The maximum atomic E-state index is 12.4. The molecule has 2 aromatic rings. The number of carbonyl (C=O) groups is 1. The Morgan fingerprint density at radius 3 is 2.85 bits per heavy atom. The van der Waals surface area contributed by atoms with E-state index in [-0.39, 0.29) is 11.9 Å². The number of pyridine rings is 1. The van der Waals surface area contributed by atoms with E-state index in [9.17, 15) is 4.79 Å². The van der Waals surface area contributed by atoms with Crippen LogP contribution in [-0.4, -0.2) is 43.1 Å². The summed E-state index contributed by atoms with van der Waals surface area (Å²) < 4.78 is 11.7. The number of aromatic nitrogens is 1. The van der Waals surface area contributed by atoms with Gasteiger partial charge in [0.1, 0.15) is 17.3 Å². The van der Waals surface area contributed by atoms with Crippen molar-refractivity contribution in [3.63, 3.8) is 0 Å². The van der Waals surface area contributed by atoms with Gasteiger partial charge >= 0.3 is 0 Å². The molecule has 0 saturated carbocycles. The van der Waals surface area contributed by atoms with Gasteiger partial charge in [-0.05, 0) is 53.5 Å². The number of rotatable bonds is 6. The molecule has 0 bridgehead atoms. The first-order valence-corrected chi connectivity index (χ1v) is 9.27. The van der Waals surface area contributed by atoms with Crippen LogP contribution in [0.25, 0.3) is 0 Å². The highest BCUT2D eigenvalue weighted by atomic mass is 79.9. The SMILES string of the molecule is COc1ccc(C2CCCN2CC(=O)Nc2ccc(Br)cn2)c(OC)c1. The largest absolute Gasteiger partial charge is 0.497 e. The quantitative estimate of drug-likeness (QED) is 0.773. The van der Waals surface area contributed by atoms with Crippen molar-refractivity contribution < 1.29 is 14.3 Å². The van der Waals surface area contributed by atoms with Gasteiger partial charge in [0.05, 0.1) is 20.8 Å². The number of nitrogens with one attached hydrogen (secondary N) is 1. The van der Waals surface area contributed by atoms with Gasteiger partial charge < -0.3 is 14.8 Å². The molecule has 1 unspecified atom stereocenters. The zero-order valence-electron chi connectivity index (χ0n) is 14.9. The fraction of sp³-hybridized carbons (Fsp3) is 0.368. The first kappa shape index (κ1) is 18.7. The normalized spacial score (nSPS) is 17.1. The summed E-state index contributed by atoms with van der Waals surface area (Å²) in [5.41, 5.74) is 1.08. The number of carbonyl (C=O) groups excluding carboxylic acids is 1. The number of ether oxygens (including phenoxy) is 2. The fourth-order valence-electron chi connectivity index (χ4n) is 3.28. The number of likely N-dealkylation sites (tertiary alicyclic amines) is 1. The first-order chi connectivity index (χ1) is 12.6. The van der Waals surface area contributed by atoms with Gasteiger partial charge in [0.2, 0.25) is 5.91 Å². The second-order valence-corrected chi connectivity index (χ2v) is 7.06. The third-order valence-corrected chi connectivity index (χ3v) is 4.97. The number of methoxy groups -OCH3 is 2. The molecule has 0 radical (unpaired) electrons. The van der Waals surface area contributed by atoms with Gasteiger partial charge in [-0.15, -0.1) is 0 Å². The average Bonchev–Trinajstić information content (AvgIpc) is 3.10. The summed E-state index contributed by atoms with van der Waals surface area (Å²) in [7, 11) is 3.29. The van der Waals surface area contributed by atoms with Crippen LogP contribution in [0.4, 0.5) is 5.82 Å². The molecule has 3 rings (SSSR count). The van der Waals surface area contributed by atoms with Crippen LogP contribution < -0.4 is 14.8 Å². The zero-order valence-corrected chi connectivity index (χ0v) is 16.5. The Labute approximate surface area is 161 Å². The second-order valence-electron chi connectivity index (χ2n) is 6.15. The molecule has 2 heterocycles. The summed E-state index contributed by atoms with van der Waals surface area (Å²) in [6.07, 6.45) is 3.70. The van der Waals surface area contributed by atoms with Crippen molar-refractivity contribution in [2.45, 2.75) is 18.9 Å². The van der Waals surface area contributed by atoms with Crippen molar-refractivity contribution in [2.75, 3.05) is 32.6 Å². The fourth-order valence-corrected chi connectivity index (χ4v) is 3.51. The summed E-state index contributed by atoms with van der Waals surface area (Å²) in [6.45, 7) is 1.19. The Kier molecular flexibility index (Phi) is 6.11. The number of nitrogens with zero attached hydrogens (tertiary/aromatic N) is 2. The van der Waals surface area contributed by atoms with Gasteiger partial charge in [0, 0.05) is 28.3 Å². The average molecular weight is 420 g/mol. The van der Waals surface area contributed by atoms with Gasteiger partial charge in [-0.3, -0.25) is 9.69 Å². The van der Waals surface area contributed by atoms with E-state index < -0.39 is 0 Å². The second kappa shape index (κ2) is 8.51. The monoisotopic (exact) mass is 419 g/mol. The standard InChI is InChI=1S/C19H22BrN3O3/c1-25-14-6-7-15(17(10-14)26-2)16-4-3-9-23(16)12-19(24)22-18-8-5-13(20)11-21-18/h5-8,10-11,16H,3-4,9,12H2,1-2H3,(H,21,22,24). The molecule has 1 aromatic carbocycles. The van der Waals surface area contributed by atoms with Crippen LogP contribution in [0.2, 0.25) is 0 Å². The van der Waals surface area contributed by atoms with E-state index >= 15 is 0 Å². The maximum absolute atomic E-state index is 12.4. The highest BCUT2D eigenvalue weighted by molar-refractivity contribution is 9.10. The molecular weight excluding hydrogens is 398 g/mol. The summed E-state index contributed by atoms with van der Waals surface area (Å²) in [5.74, 6) is 2.03. The molecule has 1 atom stereocenters. The lowest BCUT2D eigenvalue weighted by Gasteiger charge is -2.25. The van der Waals surface area contributed by atoms with Crippen LogP contribution >= 0.6 is 15.9 Å². The van der Waals surface area contributed by atoms with Crippen LogP contribution in [0.5, 0.6) is 11.5 Å². The lowest BCUT2D eigenvalue weighted by atomic mass is 10.0. The Balaban J connectivity index is 1.70. The molecule has 1 fully saturated rings. The summed E-state index contributed by atoms with van der Waals surface area (Å²) >= 11 is 3.34. The van der Waals surface area contributed by atoms with Crippen LogP contribution in [0.3, 0.4) is 0 Å². The third kappa shape index (κ3) is 4.34. The number of halogens is 1. The summed E-state index contributed by atoms with van der Waals surface area (Å²) in [5, 5.41) is 2.85. The van der Waals surface area contributed by atoms with Crippen LogP contribution in [-0.2, 0) is 4.79 Å². The Morgan fingerprint density at radius 2 is 2.15 bits per heavy atom. The summed E-state index contributed by atoms with van der Waals surface area (Å²) in [6, 6.07) is 9.62. The topological polar surface area (TPSA) is 63.7 Å². The van der Waals surface area contributed by atoms with E-state index in [0.717, 1.165) is 40.9 Å². The molecule has 1 N–H and O–H groups in total. The minimum Gasteiger partial charge on any atom is -0.497 e. The molecule has 1 aliphatic heterocycles. The van der Waals surface area contributed by atoms with E-state index in [1.165, 1.54) is 0 Å². The van der Waals surface area contributed by atoms with Gasteiger partial charge in [-0.2, -0.15) is 0 Å². The molecular formula is C19H22BrN3O3. The van der Waals surface area contributed by atoms with Crippen molar-refractivity contribution in [3.8, 4) is 11.5 Å². The van der Waals surface area contributed by atoms with Gasteiger partial charge in [-0.1, -0.05) is 6.07 Å².